The fourth-order valence-corrected chi connectivity index (χ4v) is 5.36. The third kappa shape index (κ3) is 1.83. The summed E-state index contributed by atoms with van der Waals surface area (Å²) in [5.74, 6) is 2.51. The second-order valence-electron chi connectivity index (χ2n) is 4.75. The number of nitrogens with one attached hydrogen (secondary N) is 1. The van der Waals surface area contributed by atoms with Gasteiger partial charge in [-0.2, -0.15) is 0 Å². The first-order valence-electron chi connectivity index (χ1n) is 6.00. The predicted octanol–water partition coefficient (Wildman–Crippen LogP) is 3.34. The van der Waals surface area contributed by atoms with Gasteiger partial charge in [-0.05, 0) is 18.2 Å². The first kappa shape index (κ1) is 11.9. The van der Waals surface area contributed by atoms with Crippen LogP contribution in [0.5, 0.6) is 5.75 Å². The summed E-state index contributed by atoms with van der Waals surface area (Å²) in [5, 5.41) is 1.73. The summed E-state index contributed by atoms with van der Waals surface area (Å²) in [7, 11) is 0. The molecule has 2 aliphatic rings. The van der Waals surface area contributed by atoms with Gasteiger partial charge in [-0.1, -0.05) is 22.9 Å². The number of benzene rings is 1. The number of hydrogen-bond acceptors (Lipinski definition) is 4. The second-order valence-corrected chi connectivity index (χ2v) is 7.23. The van der Waals surface area contributed by atoms with E-state index in [9.17, 15) is 4.79 Å². The van der Waals surface area contributed by atoms with Crippen molar-refractivity contribution in [1.82, 2.24) is 4.98 Å². The summed E-state index contributed by atoms with van der Waals surface area (Å²) in [4.78, 5) is 15.7. The van der Waals surface area contributed by atoms with Crippen molar-refractivity contribution in [2.24, 2.45) is 5.92 Å². The fraction of sp³-hybridized carbons (Fsp3) is 0.308. The zero-order chi connectivity index (χ0) is 13.0. The molecule has 2 unspecified atom stereocenters. The Kier molecular flexibility index (Phi) is 2.69. The first-order chi connectivity index (χ1) is 9.22. The molecule has 2 atom stereocenters. The summed E-state index contributed by atoms with van der Waals surface area (Å²) in [6.45, 7) is 0.706. The van der Waals surface area contributed by atoms with Gasteiger partial charge in [0, 0.05) is 33.1 Å². The Labute approximate surface area is 122 Å². The Hall–Kier alpha value is -0.910. The second kappa shape index (κ2) is 4.30. The molecule has 0 amide bonds. The van der Waals surface area contributed by atoms with E-state index in [1.54, 1.807) is 11.8 Å². The number of rotatable bonds is 0. The van der Waals surface area contributed by atoms with Gasteiger partial charge in [0.1, 0.15) is 5.75 Å². The zero-order valence-corrected chi connectivity index (χ0v) is 12.2. The molecule has 1 N–H and O–H groups in total. The van der Waals surface area contributed by atoms with Crippen LogP contribution in [-0.4, -0.2) is 17.3 Å². The maximum Gasteiger partial charge on any atom is 0.305 e. The maximum absolute atomic E-state index is 11.6. The molecule has 2 aromatic rings. The SMILES string of the molecule is O=c1[nH]c2c(s1)C1c3cc(Cl)ccc3OCC1CS2. The van der Waals surface area contributed by atoms with E-state index in [1.807, 2.05) is 18.2 Å². The lowest BCUT2D eigenvalue weighted by Crippen LogP contribution is -2.30. The molecule has 0 bridgehead atoms. The number of ether oxygens (including phenoxy) is 1. The first-order valence-corrected chi connectivity index (χ1v) is 8.18. The van der Waals surface area contributed by atoms with Gasteiger partial charge in [0.05, 0.1) is 11.6 Å². The molecule has 2 aliphatic heterocycles. The summed E-state index contributed by atoms with van der Waals surface area (Å²) in [5.41, 5.74) is 1.11. The van der Waals surface area contributed by atoms with Crippen LogP contribution in [-0.2, 0) is 0 Å². The number of fused-ring (bicyclic) bond motifs is 5. The van der Waals surface area contributed by atoms with E-state index in [0.29, 0.717) is 17.5 Å². The molecular weight excluding hydrogens is 302 g/mol. The molecule has 0 spiro atoms. The zero-order valence-electron chi connectivity index (χ0n) is 9.81. The van der Waals surface area contributed by atoms with Gasteiger partial charge in [-0.3, -0.25) is 4.79 Å². The quantitative estimate of drug-likeness (QED) is 0.811. The molecule has 4 rings (SSSR count). The summed E-state index contributed by atoms with van der Waals surface area (Å²) >= 11 is 9.14. The predicted molar refractivity (Wildman–Crippen MR) is 77.9 cm³/mol. The smallest absolute Gasteiger partial charge is 0.305 e. The Balaban J connectivity index is 1.94. The Morgan fingerprint density at radius 2 is 2.32 bits per heavy atom. The monoisotopic (exact) mass is 311 g/mol. The van der Waals surface area contributed by atoms with E-state index >= 15 is 0 Å². The highest BCUT2D eigenvalue weighted by Crippen LogP contribution is 2.50. The van der Waals surface area contributed by atoms with E-state index in [4.69, 9.17) is 16.3 Å². The van der Waals surface area contributed by atoms with Crippen LogP contribution in [0.4, 0.5) is 0 Å². The molecule has 0 radical (unpaired) electrons. The number of thioether (sulfide) groups is 1. The largest absolute Gasteiger partial charge is 0.493 e. The standard InChI is InChI=1S/C13H10ClNO2S2/c14-7-1-2-9-8(3-7)10-6(4-17-9)5-18-12-11(10)19-13(16)15-12/h1-3,6,10H,4-5H2,(H,15,16). The number of thiazole rings is 1. The number of aromatic amines is 1. The van der Waals surface area contributed by atoms with E-state index in [2.05, 4.69) is 4.98 Å². The molecule has 3 heterocycles. The lowest BCUT2D eigenvalue weighted by Gasteiger charge is -2.36. The van der Waals surface area contributed by atoms with Gasteiger partial charge < -0.3 is 9.72 Å². The lowest BCUT2D eigenvalue weighted by atomic mass is 9.84. The van der Waals surface area contributed by atoms with Gasteiger partial charge in [0.2, 0.25) is 0 Å². The van der Waals surface area contributed by atoms with Gasteiger partial charge in [0.15, 0.2) is 0 Å². The molecule has 98 valence electrons. The third-order valence-corrected chi connectivity index (χ3v) is 6.13. The van der Waals surface area contributed by atoms with Gasteiger partial charge >= 0.3 is 4.87 Å². The van der Waals surface area contributed by atoms with Crippen LogP contribution in [0.2, 0.25) is 5.02 Å². The van der Waals surface area contributed by atoms with Crippen molar-refractivity contribution in [2.75, 3.05) is 12.4 Å². The number of halogens is 1. The van der Waals surface area contributed by atoms with Crippen LogP contribution in [0, 0.1) is 5.92 Å². The van der Waals surface area contributed by atoms with Crippen LogP contribution in [0.3, 0.4) is 0 Å². The summed E-state index contributed by atoms with van der Waals surface area (Å²) < 4.78 is 5.81. The summed E-state index contributed by atoms with van der Waals surface area (Å²) in [6.07, 6.45) is 0. The molecule has 6 heteroatoms. The van der Waals surface area contributed by atoms with E-state index in [1.165, 1.54) is 11.3 Å². The normalized spacial score (nSPS) is 24.1. The molecule has 1 aromatic heterocycles. The van der Waals surface area contributed by atoms with Crippen LogP contribution >= 0.6 is 34.7 Å². The van der Waals surface area contributed by atoms with Crippen LogP contribution in [0.1, 0.15) is 16.4 Å². The Bertz CT molecular complexity index is 709. The van der Waals surface area contributed by atoms with Crippen LogP contribution < -0.4 is 9.61 Å². The van der Waals surface area contributed by atoms with E-state index in [-0.39, 0.29) is 10.8 Å². The number of aromatic nitrogens is 1. The van der Waals surface area contributed by atoms with Gasteiger partial charge in [-0.15, -0.1) is 11.8 Å². The van der Waals surface area contributed by atoms with Crippen molar-refractivity contribution in [3.63, 3.8) is 0 Å². The highest BCUT2D eigenvalue weighted by molar-refractivity contribution is 7.99. The van der Waals surface area contributed by atoms with E-state index < -0.39 is 0 Å². The number of hydrogen-bond donors (Lipinski definition) is 1. The minimum absolute atomic E-state index is 0.0215. The number of H-pyrrole nitrogens is 1. The molecule has 0 saturated heterocycles. The molecule has 19 heavy (non-hydrogen) atoms. The van der Waals surface area contributed by atoms with E-state index in [0.717, 1.165) is 27.0 Å². The minimum atomic E-state index is 0.0215. The van der Waals surface area contributed by atoms with Crippen molar-refractivity contribution < 1.29 is 4.74 Å². The highest BCUT2D eigenvalue weighted by Gasteiger charge is 2.38. The molecule has 0 saturated carbocycles. The average molecular weight is 312 g/mol. The maximum atomic E-state index is 11.6. The molecular formula is C13H10ClNO2S2. The molecule has 3 nitrogen and oxygen atoms in total. The average Bonchev–Trinajstić information content (AvgIpc) is 2.78. The van der Waals surface area contributed by atoms with Crippen LogP contribution in [0.25, 0.3) is 0 Å². The Morgan fingerprint density at radius 3 is 3.21 bits per heavy atom. The topological polar surface area (TPSA) is 42.1 Å². The van der Waals surface area contributed by atoms with Crippen LogP contribution in [0.15, 0.2) is 28.0 Å². The van der Waals surface area contributed by atoms with Crippen molar-refractivity contribution in [3.8, 4) is 5.75 Å². The van der Waals surface area contributed by atoms with Crippen molar-refractivity contribution in [2.45, 2.75) is 10.9 Å². The van der Waals surface area contributed by atoms with Crippen molar-refractivity contribution >= 4 is 34.7 Å². The molecule has 1 aromatic carbocycles. The lowest BCUT2D eigenvalue weighted by molar-refractivity contribution is 0.219. The van der Waals surface area contributed by atoms with Gasteiger partial charge in [-0.25, -0.2) is 0 Å². The van der Waals surface area contributed by atoms with Crippen molar-refractivity contribution in [3.05, 3.63) is 43.3 Å². The minimum Gasteiger partial charge on any atom is -0.493 e. The van der Waals surface area contributed by atoms with Gasteiger partial charge in [0.25, 0.3) is 0 Å². The summed E-state index contributed by atoms with van der Waals surface area (Å²) in [6, 6.07) is 5.74. The Morgan fingerprint density at radius 1 is 1.42 bits per heavy atom. The molecule has 0 aliphatic carbocycles. The highest BCUT2D eigenvalue weighted by atomic mass is 35.5. The molecule has 0 fully saturated rings. The fourth-order valence-electron chi connectivity index (χ4n) is 2.77. The van der Waals surface area contributed by atoms with Crippen molar-refractivity contribution in [1.29, 1.82) is 0 Å². The third-order valence-electron chi connectivity index (χ3n) is 3.60.